The van der Waals surface area contributed by atoms with Crippen molar-refractivity contribution in [1.29, 1.82) is 0 Å². The quantitative estimate of drug-likeness (QED) is 0.242. The van der Waals surface area contributed by atoms with E-state index in [4.69, 9.17) is 9.15 Å². The molecule has 4 rings (SSSR count). The zero-order chi connectivity index (χ0) is 28.6. The van der Waals surface area contributed by atoms with E-state index < -0.39 is 36.1 Å². The van der Waals surface area contributed by atoms with Crippen LogP contribution in [0.3, 0.4) is 0 Å². The van der Waals surface area contributed by atoms with Gasteiger partial charge in [0.2, 0.25) is 0 Å². The lowest BCUT2D eigenvalue weighted by atomic mass is 9.98. The number of alkyl carbamates (subject to hydrolysis) is 1. The summed E-state index contributed by atoms with van der Waals surface area (Å²) in [6.07, 6.45) is 0.809. The summed E-state index contributed by atoms with van der Waals surface area (Å²) >= 11 is 0. The van der Waals surface area contributed by atoms with E-state index >= 15 is 0 Å². The first-order valence-electron chi connectivity index (χ1n) is 13.0. The van der Waals surface area contributed by atoms with Crippen LogP contribution >= 0.6 is 0 Å². The van der Waals surface area contributed by atoms with E-state index in [2.05, 4.69) is 21.5 Å². The fourth-order valence-electron chi connectivity index (χ4n) is 4.71. The molecule has 0 unspecified atom stereocenters. The second kappa shape index (κ2) is 12.8. The van der Waals surface area contributed by atoms with Crippen molar-refractivity contribution < 1.29 is 33.4 Å². The average molecular weight is 549 g/mol. The van der Waals surface area contributed by atoms with Gasteiger partial charge in [-0.25, -0.2) is 19.8 Å². The molecule has 1 aromatic heterocycles. The number of urea groups is 1. The van der Waals surface area contributed by atoms with Crippen LogP contribution in [0, 0.1) is 5.92 Å². The Morgan fingerprint density at radius 3 is 2.10 bits per heavy atom. The van der Waals surface area contributed by atoms with Crippen LogP contribution in [0.2, 0.25) is 0 Å². The molecule has 0 bridgehead atoms. The molecule has 1 heterocycles. The second-order valence-corrected chi connectivity index (χ2v) is 9.91. The third kappa shape index (κ3) is 6.99. The number of carboxylic acids is 1. The van der Waals surface area contributed by atoms with Crippen molar-refractivity contribution in [3.63, 3.8) is 0 Å². The molecule has 1 aliphatic carbocycles. The lowest BCUT2D eigenvalue weighted by Crippen LogP contribution is -2.56. The highest BCUT2D eigenvalue weighted by Crippen LogP contribution is 2.44. The van der Waals surface area contributed by atoms with Gasteiger partial charge in [-0.15, -0.1) is 0 Å². The first-order valence-corrected chi connectivity index (χ1v) is 13.0. The maximum atomic E-state index is 12.9. The van der Waals surface area contributed by atoms with Crippen LogP contribution < -0.4 is 21.5 Å². The Labute approximate surface area is 231 Å². The van der Waals surface area contributed by atoms with Crippen molar-refractivity contribution in [3.8, 4) is 11.1 Å². The molecule has 3 aromatic rings. The molecular weight excluding hydrogens is 516 g/mol. The Kier molecular flexibility index (Phi) is 9.05. The van der Waals surface area contributed by atoms with Gasteiger partial charge in [-0.1, -0.05) is 62.4 Å². The summed E-state index contributed by atoms with van der Waals surface area (Å²) in [5, 5.41) is 14.2. The number of hydrazine groups is 1. The molecule has 0 saturated carbocycles. The maximum Gasteiger partial charge on any atom is 0.407 e. The fraction of sp³-hybridized carbons (Fsp3) is 0.310. The summed E-state index contributed by atoms with van der Waals surface area (Å²) in [4.78, 5) is 49.4. The van der Waals surface area contributed by atoms with Crippen LogP contribution in [-0.4, -0.2) is 47.8 Å². The predicted molar refractivity (Wildman–Crippen MR) is 145 cm³/mol. The summed E-state index contributed by atoms with van der Waals surface area (Å²) in [5.41, 5.74) is 8.63. The number of fused-ring (bicyclic) bond motifs is 3. The van der Waals surface area contributed by atoms with Crippen molar-refractivity contribution in [2.45, 2.75) is 44.7 Å². The normalized spacial score (nSPS) is 13.5. The summed E-state index contributed by atoms with van der Waals surface area (Å²) in [6, 6.07) is 16.0. The smallest absolute Gasteiger partial charge is 0.407 e. The number of carbonyl (C=O) groups is 4. The number of nitrogens with one attached hydrogen (secondary N) is 4. The van der Waals surface area contributed by atoms with Gasteiger partial charge < -0.3 is 24.9 Å². The van der Waals surface area contributed by atoms with E-state index in [-0.39, 0.29) is 31.3 Å². The molecule has 5 N–H and O–H groups in total. The topological polar surface area (TPSA) is 159 Å². The maximum absolute atomic E-state index is 12.9. The molecule has 0 spiro atoms. The van der Waals surface area contributed by atoms with E-state index in [9.17, 15) is 24.3 Å². The standard InChI is InChI=1S/C29H32N4O7/c1-17(2)14-25(27(35)36)30-28(37)33-32-26(34)24(15-18-8-7-13-39-18)31-29(38)40-16-23-21-11-5-3-9-19(21)20-10-4-6-12-22(20)23/h3-13,17,23-25H,14-16H2,1-2H3,(H,31,38)(H,32,34)(H,35,36)(H2,30,33,37)/t24-,25+/m1/s1. The monoisotopic (exact) mass is 548 g/mol. The molecule has 40 heavy (non-hydrogen) atoms. The lowest BCUT2D eigenvalue weighted by Gasteiger charge is -2.20. The number of aliphatic carboxylic acids is 1. The predicted octanol–water partition coefficient (Wildman–Crippen LogP) is 3.56. The van der Waals surface area contributed by atoms with E-state index in [0.717, 1.165) is 22.3 Å². The highest BCUT2D eigenvalue weighted by atomic mass is 16.5. The van der Waals surface area contributed by atoms with E-state index in [1.165, 1.54) is 6.26 Å². The first-order chi connectivity index (χ1) is 19.2. The molecule has 210 valence electrons. The summed E-state index contributed by atoms with van der Waals surface area (Å²) < 4.78 is 10.9. The Bertz CT molecular complexity index is 1310. The number of carboxylic acid groups (broad SMARTS) is 1. The van der Waals surface area contributed by atoms with E-state index in [1.807, 2.05) is 62.4 Å². The van der Waals surface area contributed by atoms with E-state index in [1.54, 1.807) is 12.1 Å². The molecule has 0 radical (unpaired) electrons. The van der Waals surface area contributed by atoms with Crippen molar-refractivity contribution >= 4 is 24.0 Å². The Balaban J connectivity index is 1.37. The first kappa shape index (κ1) is 28.2. The third-order valence-electron chi connectivity index (χ3n) is 6.55. The van der Waals surface area contributed by atoms with Gasteiger partial charge in [0.05, 0.1) is 6.26 Å². The van der Waals surface area contributed by atoms with Gasteiger partial charge in [0.25, 0.3) is 5.91 Å². The van der Waals surface area contributed by atoms with Crippen molar-refractivity contribution in [2.24, 2.45) is 5.92 Å². The minimum absolute atomic E-state index is 0.0164. The molecule has 11 heteroatoms. The van der Waals surface area contributed by atoms with Crippen LogP contribution in [-0.2, 0) is 20.7 Å². The Morgan fingerprint density at radius 1 is 0.875 bits per heavy atom. The number of amides is 4. The van der Waals surface area contributed by atoms with E-state index in [0.29, 0.717) is 5.76 Å². The summed E-state index contributed by atoms with van der Waals surface area (Å²) in [5.74, 6) is -1.66. The van der Waals surface area contributed by atoms with Gasteiger partial charge in [-0.3, -0.25) is 10.2 Å². The number of carbonyl (C=O) groups excluding carboxylic acids is 3. The molecule has 2 aromatic carbocycles. The lowest BCUT2D eigenvalue weighted by molar-refractivity contribution is -0.139. The molecule has 0 fully saturated rings. The van der Waals surface area contributed by atoms with Crippen LogP contribution in [0.1, 0.15) is 43.1 Å². The van der Waals surface area contributed by atoms with Gasteiger partial charge in [-0.2, -0.15) is 0 Å². The van der Waals surface area contributed by atoms with Gasteiger partial charge in [0.15, 0.2) is 0 Å². The van der Waals surface area contributed by atoms with Crippen molar-refractivity contribution in [2.75, 3.05) is 6.61 Å². The highest BCUT2D eigenvalue weighted by Gasteiger charge is 2.30. The number of furan rings is 1. The zero-order valence-corrected chi connectivity index (χ0v) is 22.2. The number of ether oxygens (including phenoxy) is 1. The minimum Gasteiger partial charge on any atom is -0.480 e. The van der Waals surface area contributed by atoms with Crippen LogP contribution in [0.5, 0.6) is 0 Å². The SMILES string of the molecule is CC(C)C[C@H](NC(=O)NNC(=O)[C@@H](Cc1ccco1)NC(=O)OCC1c2ccccc2-c2ccccc21)C(=O)O. The molecule has 11 nitrogen and oxygen atoms in total. The third-order valence-corrected chi connectivity index (χ3v) is 6.55. The van der Waals surface area contributed by atoms with Crippen molar-refractivity contribution in [1.82, 2.24) is 21.5 Å². The Morgan fingerprint density at radius 2 is 1.52 bits per heavy atom. The molecule has 0 saturated heterocycles. The Hall–Kier alpha value is -4.80. The average Bonchev–Trinajstić information content (AvgIpc) is 3.55. The van der Waals surface area contributed by atoms with Crippen molar-refractivity contribution in [3.05, 3.63) is 83.8 Å². The second-order valence-electron chi connectivity index (χ2n) is 9.91. The van der Waals surface area contributed by atoms with Gasteiger partial charge in [-0.05, 0) is 46.7 Å². The fourth-order valence-corrected chi connectivity index (χ4v) is 4.71. The number of rotatable bonds is 10. The molecule has 0 aliphatic heterocycles. The molecule has 1 aliphatic rings. The van der Waals surface area contributed by atoms with Gasteiger partial charge in [0, 0.05) is 12.3 Å². The highest BCUT2D eigenvalue weighted by molar-refractivity contribution is 5.89. The molecular formula is C29H32N4O7. The summed E-state index contributed by atoms with van der Waals surface area (Å²) in [7, 11) is 0. The molecule has 4 amide bonds. The zero-order valence-electron chi connectivity index (χ0n) is 22.2. The number of hydrogen-bond acceptors (Lipinski definition) is 6. The van der Waals surface area contributed by atoms with Crippen LogP contribution in [0.4, 0.5) is 9.59 Å². The molecule has 2 atom stereocenters. The minimum atomic E-state index is -1.19. The van der Waals surface area contributed by atoms with Gasteiger partial charge in [0.1, 0.15) is 24.5 Å². The largest absolute Gasteiger partial charge is 0.480 e. The number of benzene rings is 2. The van der Waals surface area contributed by atoms with Crippen LogP contribution in [0.15, 0.2) is 71.3 Å². The van der Waals surface area contributed by atoms with Gasteiger partial charge >= 0.3 is 18.1 Å². The number of hydrogen-bond donors (Lipinski definition) is 5. The van der Waals surface area contributed by atoms with Crippen LogP contribution in [0.25, 0.3) is 11.1 Å². The summed E-state index contributed by atoms with van der Waals surface area (Å²) in [6.45, 7) is 3.71.